The highest BCUT2D eigenvalue weighted by molar-refractivity contribution is 7.20. The van der Waals surface area contributed by atoms with E-state index < -0.39 is 8.07 Å². The Bertz CT molecular complexity index is 645. The largest absolute Gasteiger partial charge is 0.361 e. The Morgan fingerprint density at radius 2 is 2.19 bits per heavy atom. The van der Waals surface area contributed by atoms with Crippen molar-refractivity contribution in [3.05, 3.63) is 16.8 Å². The molecule has 0 aliphatic carbocycles. The van der Waals surface area contributed by atoms with Crippen molar-refractivity contribution in [2.45, 2.75) is 45.2 Å². The van der Waals surface area contributed by atoms with Gasteiger partial charge < -0.3 is 9.30 Å². The summed E-state index contributed by atoms with van der Waals surface area (Å²) in [6, 6.07) is 3.01. The molecule has 2 aromatic heterocycles. The van der Waals surface area contributed by atoms with Crippen LogP contribution in [-0.2, 0) is 17.3 Å². The Kier molecular flexibility index (Phi) is 5.24. The molecule has 0 unspecified atom stereocenters. The second-order valence-electron chi connectivity index (χ2n) is 6.29. The molecular weight excluding hydrogens is 324 g/mol. The van der Waals surface area contributed by atoms with E-state index in [-0.39, 0.29) is 5.78 Å². The Morgan fingerprint density at radius 1 is 1.48 bits per heavy atom. The van der Waals surface area contributed by atoms with Crippen LogP contribution in [0.5, 0.6) is 0 Å². The van der Waals surface area contributed by atoms with Gasteiger partial charge >= 0.3 is 0 Å². The molecule has 0 amide bonds. The number of fused-ring (bicyclic) bond motifs is 1. The van der Waals surface area contributed by atoms with Gasteiger partial charge in [-0.15, -0.1) is 22.9 Å². The Labute approximate surface area is 135 Å². The monoisotopic (exact) mass is 344 g/mol. The van der Waals surface area contributed by atoms with Crippen molar-refractivity contribution in [1.82, 2.24) is 9.55 Å². The summed E-state index contributed by atoms with van der Waals surface area (Å²) in [5, 5.41) is 0. The lowest BCUT2D eigenvalue weighted by molar-refractivity contribution is 0.0883. The van der Waals surface area contributed by atoms with Crippen molar-refractivity contribution < 1.29 is 9.53 Å². The first-order valence-corrected chi connectivity index (χ1v) is 12.0. The highest BCUT2D eigenvalue weighted by Crippen LogP contribution is 2.27. The first-order chi connectivity index (χ1) is 9.81. The number of ether oxygens (including phenoxy) is 1. The number of carbonyl (C=O) groups excluding carboxylic acids is 1. The normalized spacial score (nSPS) is 12.2. The average molecular weight is 345 g/mol. The van der Waals surface area contributed by atoms with Gasteiger partial charge in [0.2, 0.25) is 0 Å². The van der Waals surface area contributed by atoms with Gasteiger partial charge in [0.05, 0.1) is 16.3 Å². The van der Waals surface area contributed by atoms with Crippen LogP contribution in [-0.4, -0.2) is 30.0 Å². The third-order valence-corrected chi connectivity index (χ3v) is 6.27. The van der Waals surface area contributed by atoms with Crippen LogP contribution in [0, 0.1) is 0 Å². The molecule has 0 saturated heterocycles. The molecule has 0 bridgehead atoms. The molecular formula is C14H21ClN2O2SSi. The van der Waals surface area contributed by atoms with Crippen molar-refractivity contribution in [3.63, 3.8) is 0 Å². The maximum Gasteiger partial charge on any atom is 0.169 e. The summed E-state index contributed by atoms with van der Waals surface area (Å²) in [4.78, 5) is 17.5. The number of carbonyl (C=O) groups is 1. The van der Waals surface area contributed by atoms with Gasteiger partial charge in [-0.2, -0.15) is 0 Å². The first-order valence-electron chi connectivity index (χ1n) is 6.95. The maximum atomic E-state index is 11.5. The van der Waals surface area contributed by atoms with Crippen LogP contribution in [0.1, 0.15) is 22.4 Å². The predicted octanol–water partition coefficient (Wildman–Crippen LogP) is 4.35. The summed E-state index contributed by atoms with van der Waals surface area (Å²) in [5.41, 5.74) is 0.939. The lowest BCUT2D eigenvalue weighted by Crippen LogP contribution is -2.22. The summed E-state index contributed by atoms with van der Waals surface area (Å²) in [7, 11) is -1.08. The van der Waals surface area contributed by atoms with Gasteiger partial charge in [-0.25, -0.2) is 4.98 Å². The van der Waals surface area contributed by atoms with Crippen molar-refractivity contribution in [2.24, 2.45) is 0 Å². The number of ketones is 1. The van der Waals surface area contributed by atoms with Gasteiger partial charge in [0.25, 0.3) is 0 Å². The van der Waals surface area contributed by atoms with E-state index in [1.54, 1.807) is 6.92 Å². The highest BCUT2D eigenvalue weighted by Gasteiger charge is 2.16. The van der Waals surface area contributed by atoms with Crippen LogP contribution >= 0.6 is 22.9 Å². The molecule has 2 rings (SSSR count). The first kappa shape index (κ1) is 16.7. The fraction of sp³-hybridized carbons (Fsp3) is 0.571. The number of imidazole rings is 1. The molecule has 0 atom stereocenters. The van der Waals surface area contributed by atoms with E-state index >= 15 is 0 Å². The second kappa shape index (κ2) is 6.60. The van der Waals surface area contributed by atoms with E-state index in [4.69, 9.17) is 16.3 Å². The number of hydrogen-bond donors (Lipinski definition) is 0. The molecule has 0 aromatic carbocycles. The molecule has 7 heteroatoms. The number of nitrogens with zero attached hydrogens (tertiary/aromatic N) is 2. The van der Waals surface area contributed by atoms with E-state index in [0.29, 0.717) is 12.6 Å². The highest BCUT2D eigenvalue weighted by atomic mass is 35.5. The number of rotatable bonds is 7. The average Bonchev–Trinajstić information content (AvgIpc) is 2.91. The van der Waals surface area contributed by atoms with Gasteiger partial charge in [-0.05, 0) is 19.0 Å². The number of alkyl halides is 1. The second-order valence-corrected chi connectivity index (χ2v) is 13.2. The molecule has 0 aliphatic rings. The van der Waals surface area contributed by atoms with Gasteiger partial charge in [-0.1, -0.05) is 19.6 Å². The standard InChI is InChI=1S/C14H21ClN2O2SSi/c1-10(18)12-7-11-14(20-12)16-13(8-15)17(11)9-19-5-6-21(2,3)4/h7H,5-6,8-9H2,1-4H3. The van der Waals surface area contributed by atoms with Crippen LogP contribution in [0.4, 0.5) is 0 Å². The summed E-state index contributed by atoms with van der Waals surface area (Å²) < 4.78 is 7.76. The van der Waals surface area contributed by atoms with Crippen LogP contribution in [0.15, 0.2) is 6.07 Å². The lowest BCUT2D eigenvalue weighted by atomic mass is 10.3. The van der Waals surface area contributed by atoms with E-state index in [1.807, 2.05) is 10.6 Å². The van der Waals surface area contributed by atoms with Gasteiger partial charge in [0.15, 0.2) is 5.78 Å². The Balaban J connectivity index is 2.14. The van der Waals surface area contributed by atoms with Crippen LogP contribution in [0.3, 0.4) is 0 Å². The molecule has 0 fully saturated rings. The quantitative estimate of drug-likeness (QED) is 0.324. The van der Waals surface area contributed by atoms with E-state index in [1.165, 1.54) is 11.3 Å². The number of aromatic nitrogens is 2. The summed E-state index contributed by atoms with van der Waals surface area (Å²) in [6.07, 6.45) is 0. The molecule has 116 valence electrons. The molecule has 0 N–H and O–H groups in total. The molecule has 2 heterocycles. The minimum atomic E-state index is -1.08. The predicted molar refractivity (Wildman–Crippen MR) is 91.3 cm³/mol. The minimum Gasteiger partial charge on any atom is -0.361 e. The van der Waals surface area contributed by atoms with Gasteiger partial charge in [-0.3, -0.25) is 4.79 Å². The number of halogens is 1. The molecule has 4 nitrogen and oxygen atoms in total. The Hall–Kier alpha value is -0.693. The fourth-order valence-corrected chi connectivity index (χ4v) is 3.82. The molecule has 0 aliphatic heterocycles. The van der Waals surface area contributed by atoms with Crippen molar-refractivity contribution in [3.8, 4) is 0 Å². The third-order valence-electron chi connectivity index (χ3n) is 3.21. The van der Waals surface area contributed by atoms with E-state index in [9.17, 15) is 4.79 Å². The lowest BCUT2D eigenvalue weighted by Gasteiger charge is -2.16. The van der Waals surface area contributed by atoms with Crippen molar-refractivity contribution in [2.75, 3.05) is 6.61 Å². The zero-order chi connectivity index (χ0) is 15.6. The SMILES string of the molecule is CC(=O)c1cc2c(nc(CCl)n2COCC[Si](C)(C)C)s1. The topological polar surface area (TPSA) is 44.1 Å². The van der Waals surface area contributed by atoms with Crippen molar-refractivity contribution >= 4 is 47.1 Å². The van der Waals surface area contributed by atoms with E-state index in [2.05, 4.69) is 24.6 Å². The number of Topliss-reactive ketones (excluding diaryl/α,β-unsaturated/α-hetero) is 1. The van der Waals surface area contributed by atoms with Crippen molar-refractivity contribution in [1.29, 1.82) is 0 Å². The fourth-order valence-electron chi connectivity index (χ4n) is 1.92. The smallest absolute Gasteiger partial charge is 0.169 e. The van der Waals surface area contributed by atoms with Crippen LogP contribution in [0.25, 0.3) is 10.3 Å². The molecule has 21 heavy (non-hydrogen) atoms. The molecule has 0 radical (unpaired) electrons. The Morgan fingerprint density at radius 3 is 2.76 bits per heavy atom. The van der Waals surface area contributed by atoms with E-state index in [0.717, 1.165) is 33.7 Å². The summed E-state index contributed by atoms with van der Waals surface area (Å²) in [5.74, 6) is 1.20. The zero-order valence-corrected chi connectivity index (χ0v) is 15.5. The summed E-state index contributed by atoms with van der Waals surface area (Å²) >= 11 is 7.36. The summed E-state index contributed by atoms with van der Waals surface area (Å²) in [6.45, 7) is 9.75. The third kappa shape index (κ3) is 4.16. The van der Waals surface area contributed by atoms with Gasteiger partial charge in [0, 0.05) is 14.7 Å². The van der Waals surface area contributed by atoms with Crippen LogP contribution in [0.2, 0.25) is 25.7 Å². The maximum absolute atomic E-state index is 11.5. The zero-order valence-electron chi connectivity index (χ0n) is 12.9. The molecule has 0 saturated carbocycles. The molecule has 0 spiro atoms. The molecule has 2 aromatic rings. The van der Waals surface area contributed by atoms with Gasteiger partial charge in [0.1, 0.15) is 17.4 Å². The number of hydrogen-bond acceptors (Lipinski definition) is 4. The minimum absolute atomic E-state index is 0.0663. The van der Waals surface area contributed by atoms with Crippen LogP contribution < -0.4 is 0 Å². The number of thiophene rings is 1.